The van der Waals surface area contributed by atoms with Crippen LogP contribution in [0.3, 0.4) is 0 Å². The zero-order valence-corrected chi connectivity index (χ0v) is 13.6. The maximum absolute atomic E-state index is 6.35. The van der Waals surface area contributed by atoms with Gasteiger partial charge in [-0.1, -0.05) is 36.4 Å². The van der Waals surface area contributed by atoms with Crippen LogP contribution in [0.25, 0.3) is 0 Å². The number of rotatable bonds is 6. The molecule has 1 fully saturated rings. The molecule has 0 saturated heterocycles. The minimum atomic E-state index is 0.703. The highest BCUT2D eigenvalue weighted by Gasteiger charge is 2.20. The van der Waals surface area contributed by atoms with E-state index in [1.54, 1.807) is 11.8 Å². The van der Waals surface area contributed by atoms with Crippen molar-refractivity contribution in [2.24, 2.45) is 0 Å². The van der Waals surface area contributed by atoms with Crippen LogP contribution in [0, 0.1) is 0 Å². The Bertz CT molecular complexity index is 596. The highest BCUT2D eigenvalue weighted by Crippen LogP contribution is 2.32. The summed E-state index contributed by atoms with van der Waals surface area (Å²) in [6, 6.07) is 6.92. The molecule has 1 aliphatic carbocycles. The summed E-state index contributed by atoms with van der Waals surface area (Å²) >= 11 is 9.42. The molecule has 3 rings (SSSR count). The Balaban J connectivity index is 1.65. The van der Waals surface area contributed by atoms with Crippen molar-refractivity contribution in [1.82, 2.24) is 14.7 Å². The molecule has 1 aromatic heterocycles. The Hall–Kier alpha value is -0.620. The van der Waals surface area contributed by atoms with Gasteiger partial charge in [0, 0.05) is 28.9 Å². The van der Waals surface area contributed by atoms with E-state index in [1.807, 2.05) is 6.07 Å². The first-order chi connectivity index (χ1) is 9.74. The Morgan fingerprint density at radius 3 is 2.95 bits per heavy atom. The summed E-state index contributed by atoms with van der Waals surface area (Å²) in [5.74, 6) is 0.911. The Labute approximate surface area is 132 Å². The average Bonchev–Trinajstić information content (AvgIpc) is 3.16. The van der Waals surface area contributed by atoms with Gasteiger partial charge in [0.25, 0.3) is 0 Å². The monoisotopic (exact) mass is 325 g/mol. The van der Waals surface area contributed by atoms with Gasteiger partial charge in [-0.25, -0.2) is 4.98 Å². The molecule has 0 unspecified atom stereocenters. The fraction of sp³-hybridized carbons (Fsp3) is 0.429. The predicted octanol–water partition coefficient (Wildman–Crippen LogP) is 4.16. The van der Waals surface area contributed by atoms with Gasteiger partial charge >= 0.3 is 0 Å². The highest BCUT2D eigenvalue weighted by atomic mass is 35.5. The number of nitrogens with one attached hydrogen (secondary N) is 1. The van der Waals surface area contributed by atoms with Crippen LogP contribution in [0.4, 0.5) is 0 Å². The van der Waals surface area contributed by atoms with Gasteiger partial charge in [-0.3, -0.25) is 0 Å². The zero-order valence-electron chi connectivity index (χ0n) is 11.2. The third kappa shape index (κ3) is 3.73. The second kappa shape index (κ2) is 6.43. The average molecular weight is 326 g/mol. The van der Waals surface area contributed by atoms with Gasteiger partial charge in [-0.05, 0) is 42.1 Å². The molecule has 106 valence electrons. The largest absolute Gasteiger partial charge is 0.310 e. The van der Waals surface area contributed by atoms with E-state index in [0.29, 0.717) is 6.04 Å². The van der Waals surface area contributed by atoms with Gasteiger partial charge < -0.3 is 5.32 Å². The quantitative estimate of drug-likeness (QED) is 0.865. The lowest BCUT2D eigenvalue weighted by Gasteiger charge is -2.07. The van der Waals surface area contributed by atoms with Crippen molar-refractivity contribution >= 4 is 34.9 Å². The lowest BCUT2D eigenvalue weighted by atomic mass is 10.2. The number of aryl methyl sites for hydroxylation is 1. The summed E-state index contributed by atoms with van der Waals surface area (Å²) < 4.78 is 5.27. The number of hydrogen-bond donors (Lipinski definition) is 1. The van der Waals surface area contributed by atoms with Gasteiger partial charge in [0.2, 0.25) is 0 Å². The van der Waals surface area contributed by atoms with Crippen molar-refractivity contribution in [3.63, 3.8) is 0 Å². The van der Waals surface area contributed by atoms with Gasteiger partial charge in [-0.2, -0.15) is 4.37 Å². The minimum absolute atomic E-state index is 0.703. The first-order valence-corrected chi connectivity index (χ1v) is 8.73. The van der Waals surface area contributed by atoms with Crippen LogP contribution >= 0.6 is 34.9 Å². The molecule has 3 nitrogen and oxygen atoms in total. The van der Waals surface area contributed by atoms with E-state index in [4.69, 9.17) is 11.6 Å². The van der Waals surface area contributed by atoms with Crippen molar-refractivity contribution in [2.75, 3.05) is 0 Å². The second-order valence-electron chi connectivity index (χ2n) is 4.84. The van der Waals surface area contributed by atoms with E-state index >= 15 is 0 Å². The third-order valence-electron chi connectivity index (χ3n) is 3.15. The van der Waals surface area contributed by atoms with Crippen LogP contribution < -0.4 is 5.32 Å². The number of aromatic nitrogens is 2. The van der Waals surface area contributed by atoms with E-state index in [1.165, 1.54) is 24.4 Å². The molecule has 6 heteroatoms. The van der Waals surface area contributed by atoms with E-state index in [0.717, 1.165) is 38.6 Å². The molecule has 0 aliphatic heterocycles. The fourth-order valence-electron chi connectivity index (χ4n) is 1.80. The molecule has 1 N–H and O–H groups in total. The van der Waals surface area contributed by atoms with Gasteiger partial charge in [0.05, 0.1) is 0 Å². The Morgan fingerprint density at radius 1 is 1.45 bits per heavy atom. The van der Waals surface area contributed by atoms with E-state index in [2.05, 4.69) is 33.7 Å². The summed E-state index contributed by atoms with van der Waals surface area (Å²) in [7, 11) is 0. The van der Waals surface area contributed by atoms with Crippen LogP contribution in [0.1, 0.15) is 31.2 Å². The summed E-state index contributed by atoms with van der Waals surface area (Å²) in [6.07, 6.45) is 3.47. The summed E-state index contributed by atoms with van der Waals surface area (Å²) in [4.78, 5) is 5.57. The maximum Gasteiger partial charge on any atom is 0.174 e. The molecule has 0 bridgehead atoms. The number of benzene rings is 1. The first-order valence-electron chi connectivity index (χ1n) is 6.77. The molecule has 0 spiro atoms. The van der Waals surface area contributed by atoms with Crippen molar-refractivity contribution in [1.29, 1.82) is 0 Å². The highest BCUT2D eigenvalue weighted by molar-refractivity contribution is 8.01. The van der Waals surface area contributed by atoms with Gasteiger partial charge in [0.1, 0.15) is 5.82 Å². The normalized spacial score (nSPS) is 14.7. The van der Waals surface area contributed by atoms with Crippen LogP contribution in [-0.2, 0) is 13.0 Å². The second-order valence-corrected chi connectivity index (χ2v) is 7.32. The van der Waals surface area contributed by atoms with Crippen molar-refractivity contribution in [3.8, 4) is 0 Å². The molecule has 1 aliphatic rings. The summed E-state index contributed by atoms with van der Waals surface area (Å²) in [6.45, 7) is 2.92. The summed E-state index contributed by atoms with van der Waals surface area (Å²) in [5.41, 5.74) is 1.16. The molecular weight excluding hydrogens is 310 g/mol. The van der Waals surface area contributed by atoms with Crippen molar-refractivity contribution in [3.05, 3.63) is 34.6 Å². The van der Waals surface area contributed by atoms with Crippen molar-refractivity contribution in [2.45, 2.75) is 48.0 Å². The standard InChI is InChI=1S/C14H16ClN3S2/c1-2-13-17-14(20-18-13)19-11-6-3-9(12(15)7-11)8-16-10-4-5-10/h3,6-7,10,16H,2,4-5,8H2,1H3. The number of nitrogens with zero attached hydrogens (tertiary/aromatic N) is 2. The molecule has 0 atom stereocenters. The van der Waals surface area contributed by atoms with E-state index in [9.17, 15) is 0 Å². The van der Waals surface area contributed by atoms with Crippen molar-refractivity contribution < 1.29 is 0 Å². The number of halogens is 1. The number of hydrogen-bond acceptors (Lipinski definition) is 5. The Morgan fingerprint density at radius 2 is 2.30 bits per heavy atom. The summed E-state index contributed by atoms with van der Waals surface area (Å²) in [5, 5.41) is 4.30. The molecule has 2 aromatic rings. The predicted molar refractivity (Wildman–Crippen MR) is 84.7 cm³/mol. The van der Waals surface area contributed by atoms with E-state index in [-0.39, 0.29) is 0 Å². The maximum atomic E-state index is 6.35. The molecule has 1 heterocycles. The van der Waals surface area contributed by atoms with Crippen LogP contribution in [-0.4, -0.2) is 15.4 Å². The fourth-order valence-corrected chi connectivity index (χ4v) is 3.83. The van der Waals surface area contributed by atoms with Gasteiger partial charge in [0.15, 0.2) is 4.34 Å². The van der Waals surface area contributed by atoms with Gasteiger partial charge in [-0.15, -0.1) is 0 Å². The first kappa shape index (κ1) is 14.3. The SMILES string of the molecule is CCc1nsc(Sc2ccc(CNC3CC3)c(Cl)c2)n1. The Kier molecular flexibility index (Phi) is 4.61. The lowest BCUT2D eigenvalue weighted by molar-refractivity contribution is 0.687. The molecule has 0 amide bonds. The molecular formula is C14H16ClN3S2. The zero-order chi connectivity index (χ0) is 13.9. The molecule has 1 saturated carbocycles. The van der Waals surface area contributed by atoms with E-state index < -0.39 is 0 Å². The molecule has 20 heavy (non-hydrogen) atoms. The molecule has 0 radical (unpaired) electrons. The molecule has 1 aromatic carbocycles. The minimum Gasteiger partial charge on any atom is -0.310 e. The lowest BCUT2D eigenvalue weighted by Crippen LogP contribution is -2.15. The smallest absolute Gasteiger partial charge is 0.174 e. The van der Waals surface area contributed by atoms with Crippen LogP contribution in [0.2, 0.25) is 5.02 Å². The van der Waals surface area contributed by atoms with Crippen LogP contribution in [0.5, 0.6) is 0 Å². The topological polar surface area (TPSA) is 37.8 Å². The third-order valence-corrected chi connectivity index (χ3v) is 5.28. The van der Waals surface area contributed by atoms with Crippen LogP contribution in [0.15, 0.2) is 27.4 Å².